The first-order chi connectivity index (χ1) is 13.0. The van der Waals surface area contributed by atoms with Crippen LogP contribution in [0.15, 0.2) is 70.4 Å². The molecule has 0 atom stereocenters. The molecule has 5 nitrogen and oxygen atoms in total. The van der Waals surface area contributed by atoms with Gasteiger partial charge in [0, 0.05) is 31.9 Å². The number of aromatic nitrogens is 3. The van der Waals surface area contributed by atoms with E-state index >= 15 is 0 Å². The zero-order chi connectivity index (χ0) is 19.1. The molecule has 0 saturated heterocycles. The van der Waals surface area contributed by atoms with E-state index in [2.05, 4.69) is 0 Å². The third-order valence-corrected chi connectivity index (χ3v) is 5.08. The zero-order valence-electron chi connectivity index (χ0n) is 15.0. The van der Waals surface area contributed by atoms with Crippen molar-refractivity contribution in [2.45, 2.75) is 6.54 Å². The normalized spacial score (nSPS) is 11.2. The van der Waals surface area contributed by atoms with Gasteiger partial charge in [-0.1, -0.05) is 54.1 Å². The number of fused-ring (bicyclic) bond motifs is 1. The Hall–Kier alpha value is -3.05. The van der Waals surface area contributed by atoms with Gasteiger partial charge in [-0.3, -0.25) is 13.9 Å². The van der Waals surface area contributed by atoms with Crippen LogP contribution in [0.3, 0.4) is 0 Å². The second kappa shape index (κ2) is 6.59. The summed E-state index contributed by atoms with van der Waals surface area (Å²) in [5.41, 5.74) is 2.78. The van der Waals surface area contributed by atoms with Gasteiger partial charge in [0.1, 0.15) is 0 Å². The molecule has 2 aromatic carbocycles. The molecule has 0 aliphatic heterocycles. The summed E-state index contributed by atoms with van der Waals surface area (Å²) in [6, 6.07) is 17.4. The monoisotopic (exact) mass is 379 g/mol. The van der Waals surface area contributed by atoms with Crippen LogP contribution >= 0.6 is 11.6 Å². The van der Waals surface area contributed by atoms with Crippen molar-refractivity contribution in [1.29, 1.82) is 0 Å². The van der Waals surface area contributed by atoms with Crippen molar-refractivity contribution < 1.29 is 0 Å². The predicted octanol–water partition coefficient (Wildman–Crippen LogP) is 3.41. The van der Waals surface area contributed by atoms with Crippen LogP contribution in [0.4, 0.5) is 0 Å². The fourth-order valence-electron chi connectivity index (χ4n) is 3.41. The SMILES string of the molecule is Cn1c(=O)c2c(-c3ccccc3)n(Cc3ccc(Cl)cc3)cc2n(C)c1=O. The quantitative estimate of drug-likeness (QED) is 0.547. The molecule has 4 aromatic rings. The van der Waals surface area contributed by atoms with Crippen molar-refractivity contribution in [3.8, 4) is 11.3 Å². The van der Waals surface area contributed by atoms with E-state index in [4.69, 9.17) is 11.6 Å². The van der Waals surface area contributed by atoms with Crippen molar-refractivity contribution >= 4 is 22.5 Å². The summed E-state index contributed by atoms with van der Waals surface area (Å²) < 4.78 is 4.69. The fraction of sp³-hybridized carbons (Fsp3) is 0.143. The molecule has 0 aliphatic rings. The average Bonchev–Trinajstić information content (AvgIpc) is 3.06. The molecule has 0 bridgehead atoms. The lowest BCUT2D eigenvalue weighted by molar-refractivity contribution is 0.714. The van der Waals surface area contributed by atoms with E-state index in [1.165, 1.54) is 11.6 Å². The first kappa shape index (κ1) is 17.4. The van der Waals surface area contributed by atoms with E-state index in [9.17, 15) is 9.59 Å². The van der Waals surface area contributed by atoms with E-state index in [-0.39, 0.29) is 11.2 Å². The van der Waals surface area contributed by atoms with Gasteiger partial charge in [-0.2, -0.15) is 0 Å². The molecule has 2 heterocycles. The summed E-state index contributed by atoms with van der Waals surface area (Å²) in [6.07, 6.45) is 1.87. The first-order valence-electron chi connectivity index (χ1n) is 8.56. The highest BCUT2D eigenvalue weighted by Gasteiger charge is 2.19. The maximum absolute atomic E-state index is 12.9. The largest absolute Gasteiger partial charge is 0.340 e. The molecule has 6 heteroatoms. The van der Waals surface area contributed by atoms with Crippen LogP contribution in [-0.4, -0.2) is 13.7 Å². The molecule has 0 aliphatic carbocycles. The third kappa shape index (κ3) is 2.90. The molecule has 0 radical (unpaired) electrons. The van der Waals surface area contributed by atoms with E-state index < -0.39 is 0 Å². The van der Waals surface area contributed by atoms with E-state index in [1.54, 1.807) is 7.05 Å². The van der Waals surface area contributed by atoms with Gasteiger partial charge in [-0.15, -0.1) is 0 Å². The summed E-state index contributed by atoms with van der Waals surface area (Å²) in [6.45, 7) is 0.563. The minimum Gasteiger partial charge on any atom is -0.340 e. The minimum atomic E-state index is -0.337. The lowest BCUT2D eigenvalue weighted by atomic mass is 10.1. The van der Waals surface area contributed by atoms with Crippen molar-refractivity contribution in [1.82, 2.24) is 13.7 Å². The van der Waals surface area contributed by atoms with Crippen molar-refractivity contribution in [2.75, 3.05) is 0 Å². The molecule has 136 valence electrons. The molecule has 2 aromatic heterocycles. The van der Waals surface area contributed by atoms with E-state index in [1.807, 2.05) is 65.4 Å². The van der Waals surface area contributed by atoms with Crippen LogP contribution in [0.1, 0.15) is 5.56 Å². The number of hydrogen-bond acceptors (Lipinski definition) is 2. The summed E-state index contributed by atoms with van der Waals surface area (Å²) in [5, 5.41) is 1.22. The van der Waals surface area contributed by atoms with Gasteiger partial charge in [0.25, 0.3) is 5.56 Å². The molecular formula is C21H18ClN3O2. The number of rotatable bonds is 3. The van der Waals surface area contributed by atoms with Gasteiger partial charge >= 0.3 is 5.69 Å². The molecule has 0 N–H and O–H groups in total. The highest BCUT2D eigenvalue weighted by atomic mass is 35.5. The van der Waals surface area contributed by atoms with Crippen LogP contribution in [0.25, 0.3) is 22.2 Å². The number of nitrogens with zero attached hydrogens (tertiary/aromatic N) is 3. The molecule has 0 saturated carbocycles. The fourth-order valence-corrected chi connectivity index (χ4v) is 3.53. The average molecular weight is 380 g/mol. The van der Waals surface area contributed by atoms with E-state index in [0.717, 1.165) is 21.4 Å². The maximum atomic E-state index is 12.9. The van der Waals surface area contributed by atoms with Gasteiger partial charge in [0.15, 0.2) is 0 Å². The second-order valence-corrected chi connectivity index (χ2v) is 7.00. The first-order valence-corrected chi connectivity index (χ1v) is 8.94. The molecule has 27 heavy (non-hydrogen) atoms. The Balaban J connectivity index is 2.04. The number of halogens is 1. The Kier molecular flexibility index (Phi) is 4.24. The van der Waals surface area contributed by atoms with Crippen LogP contribution in [-0.2, 0) is 20.6 Å². The van der Waals surface area contributed by atoms with Crippen LogP contribution in [0.2, 0.25) is 5.02 Å². The van der Waals surface area contributed by atoms with Gasteiger partial charge in [0.05, 0.1) is 16.6 Å². The summed E-state index contributed by atoms with van der Waals surface area (Å²) in [7, 11) is 3.20. The Morgan fingerprint density at radius 2 is 1.56 bits per heavy atom. The summed E-state index contributed by atoms with van der Waals surface area (Å²) in [5.74, 6) is 0. The summed E-state index contributed by atoms with van der Waals surface area (Å²) in [4.78, 5) is 25.3. The molecular weight excluding hydrogens is 362 g/mol. The number of aryl methyl sites for hydroxylation is 1. The van der Waals surface area contributed by atoms with Crippen LogP contribution in [0, 0.1) is 0 Å². The van der Waals surface area contributed by atoms with Gasteiger partial charge < -0.3 is 4.57 Å². The lowest BCUT2D eigenvalue weighted by Crippen LogP contribution is -2.36. The minimum absolute atomic E-state index is 0.290. The van der Waals surface area contributed by atoms with Crippen molar-refractivity contribution in [3.63, 3.8) is 0 Å². The molecule has 0 fully saturated rings. The number of hydrogen-bond donors (Lipinski definition) is 0. The van der Waals surface area contributed by atoms with Crippen molar-refractivity contribution in [2.24, 2.45) is 14.1 Å². The van der Waals surface area contributed by atoms with Gasteiger partial charge in [-0.05, 0) is 23.3 Å². The number of benzene rings is 2. The van der Waals surface area contributed by atoms with E-state index in [0.29, 0.717) is 22.5 Å². The summed E-state index contributed by atoms with van der Waals surface area (Å²) >= 11 is 5.99. The highest BCUT2D eigenvalue weighted by molar-refractivity contribution is 6.30. The standard InChI is InChI=1S/C21H18ClN3O2/c1-23-17-13-25(12-14-8-10-16(22)11-9-14)19(15-6-4-3-5-7-15)18(17)20(26)24(2)21(23)27/h3-11,13H,12H2,1-2H3. The Labute approximate surface area is 160 Å². The molecule has 0 spiro atoms. The van der Waals surface area contributed by atoms with Crippen LogP contribution < -0.4 is 11.2 Å². The lowest BCUT2D eigenvalue weighted by Gasteiger charge is -2.10. The van der Waals surface area contributed by atoms with Crippen LogP contribution in [0.5, 0.6) is 0 Å². The van der Waals surface area contributed by atoms with Gasteiger partial charge in [-0.25, -0.2) is 4.79 Å². The Morgan fingerprint density at radius 1 is 0.889 bits per heavy atom. The smallest absolute Gasteiger partial charge is 0.330 e. The zero-order valence-corrected chi connectivity index (χ0v) is 15.8. The molecule has 0 unspecified atom stereocenters. The third-order valence-electron chi connectivity index (χ3n) is 4.83. The van der Waals surface area contributed by atoms with Gasteiger partial charge in [0.2, 0.25) is 0 Å². The Bertz CT molecular complexity index is 1250. The Morgan fingerprint density at radius 3 is 2.22 bits per heavy atom. The topological polar surface area (TPSA) is 48.9 Å². The van der Waals surface area contributed by atoms with Crippen molar-refractivity contribution in [3.05, 3.63) is 92.2 Å². The second-order valence-electron chi connectivity index (χ2n) is 6.56. The molecule has 4 rings (SSSR count). The predicted molar refractivity (Wildman–Crippen MR) is 108 cm³/mol. The maximum Gasteiger partial charge on any atom is 0.330 e. The molecule has 0 amide bonds. The highest BCUT2D eigenvalue weighted by Crippen LogP contribution is 2.28.